The maximum absolute atomic E-state index is 10.7. The van der Waals surface area contributed by atoms with E-state index in [1.54, 1.807) is 22.9 Å². The summed E-state index contributed by atoms with van der Waals surface area (Å²) in [7, 11) is 0. The van der Waals surface area contributed by atoms with Crippen molar-refractivity contribution >= 4 is 17.7 Å². The molecular weight excluding hydrogens is 136 g/mol. The molecule has 0 bridgehead atoms. The minimum atomic E-state index is 0.188. The fraction of sp³-hybridized carbons (Fsp3) is 0.400. The van der Waals surface area contributed by atoms with Crippen molar-refractivity contribution in [2.75, 3.05) is 0 Å². The van der Waals surface area contributed by atoms with Crippen LogP contribution in [0.5, 0.6) is 0 Å². The van der Waals surface area contributed by atoms with Gasteiger partial charge in [-0.1, -0.05) is 11.8 Å². The van der Waals surface area contributed by atoms with E-state index in [0.29, 0.717) is 11.8 Å². The van der Waals surface area contributed by atoms with Crippen LogP contribution in [0.15, 0.2) is 11.2 Å². The minimum absolute atomic E-state index is 0.188. The lowest BCUT2D eigenvalue weighted by molar-refractivity contribution is -0.137. The van der Waals surface area contributed by atoms with Crippen molar-refractivity contribution in [1.29, 1.82) is 0 Å². The van der Waals surface area contributed by atoms with Crippen molar-refractivity contribution in [3.63, 3.8) is 0 Å². The van der Waals surface area contributed by atoms with E-state index in [-0.39, 0.29) is 5.91 Å². The molecule has 2 aliphatic heterocycles. The maximum Gasteiger partial charge on any atom is 0.230 e. The second-order valence-electron chi connectivity index (χ2n) is 2.11. The molecule has 9 heavy (non-hydrogen) atoms. The highest BCUT2D eigenvalue weighted by Crippen LogP contribution is 2.38. The van der Waals surface area contributed by atoms with E-state index in [1.807, 2.05) is 0 Å². The van der Waals surface area contributed by atoms with E-state index in [9.17, 15) is 4.79 Å². The van der Waals surface area contributed by atoms with Crippen molar-refractivity contribution in [2.45, 2.75) is 11.8 Å². The molecule has 2 heterocycles. The van der Waals surface area contributed by atoms with E-state index < -0.39 is 0 Å². The monoisotopic (exact) mass is 142 g/mol. The number of hydrogen-bond acceptors (Lipinski definition) is 3. The third-order valence-corrected chi connectivity index (χ3v) is 2.53. The van der Waals surface area contributed by atoms with Crippen LogP contribution in [0, 0.1) is 0 Å². The van der Waals surface area contributed by atoms with Crippen molar-refractivity contribution in [1.82, 2.24) is 4.90 Å². The number of rotatable bonds is 0. The van der Waals surface area contributed by atoms with Crippen molar-refractivity contribution in [3.8, 4) is 0 Å². The molecule has 0 spiro atoms. The van der Waals surface area contributed by atoms with Crippen LogP contribution in [0.3, 0.4) is 0 Å². The van der Waals surface area contributed by atoms with Gasteiger partial charge in [-0.3, -0.25) is 4.79 Å². The first kappa shape index (κ1) is 5.17. The van der Waals surface area contributed by atoms with Gasteiger partial charge < -0.3 is 10.6 Å². The molecule has 1 fully saturated rings. The summed E-state index contributed by atoms with van der Waals surface area (Å²) in [5, 5.41) is 1.09. The number of carbonyl (C=O) groups excluding carboxylic acids is 1. The zero-order valence-electron chi connectivity index (χ0n) is 4.70. The minimum Gasteiger partial charge on any atom is -0.392 e. The first-order valence-corrected chi connectivity index (χ1v) is 3.60. The fourth-order valence-electron chi connectivity index (χ4n) is 0.979. The Morgan fingerprint density at radius 2 is 2.67 bits per heavy atom. The molecule has 0 radical (unpaired) electrons. The molecule has 4 heteroatoms. The molecule has 2 N–H and O–H groups in total. The van der Waals surface area contributed by atoms with Crippen molar-refractivity contribution in [2.24, 2.45) is 5.73 Å². The Hall–Kier alpha value is -0.640. The molecule has 0 aromatic rings. The predicted octanol–water partition coefficient (Wildman–Crippen LogP) is 0.0492. The van der Waals surface area contributed by atoms with Crippen LogP contribution < -0.4 is 5.73 Å². The summed E-state index contributed by atoms with van der Waals surface area (Å²) in [5.74, 6) is 0.188. The maximum atomic E-state index is 10.7. The third-order valence-electron chi connectivity index (χ3n) is 1.49. The molecule has 0 unspecified atom stereocenters. The van der Waals surface area contributed by atoms with Crippen LogP contribution in [0.25, 0.3) is 0 Å². The number of hydrogen-bond donors (Lipinski definition) is 1. The standard InChI is InChI=1S/C5H6N2OS/c6-3-2-7-4(8)1-5(7)9-3/h2,5H,1,6H2/t5-/m1/s1. The van der Waals surface area contributed by atoms with Crippen LogP contribution in [-0.2, 0) is 4.79 Å². The highest BCUT2D eigenvalue weighted by atomic mass is 32.2. The first-order chi connectivity index (χ1) is 4.27. The second kappa shape index (κ2) is 1.44. The van der Waals surface area contributed by atoms with E-state index in [2.05, 4.69) is 0 Å². The summed E-state index contributed by atoms with van der Waals surface area (Å²) in [6.07, 6.45) is 2.36. The Morgan fingerprint density at radius 1 is 1.89 bits per heavy atom. The molecule has 2 rings (SSSR count). The SMILES string of the molecule is NC1=CN2C(=O)C[C@H]2S1. The van der Waals surface area contributed by atoms with Crippen LogP contribution in [0.2, 0.25) is 0 Å². The van der Waals surface area contributed by atoms with Crippen LogP contribution in [-0.4, -0.2) is 16.2 Å². The van der Waals surface area contributed by atoms with Gasteiger partial charge >= 0.3 is 0 Å². The molecule has 1 amide bonds. The Balaban J connectivity index is 2.21. The number of thioether (sulfide) groups is 1. The van der Waals surface area contributed by atoms with Gasteiger partial charge in [0.25, 0.3) is 0 Å². The van der Waals surface area contributed by atoms with Crippen molar-refractivity contribution < 1.29 is 4.79 Å². The Kier molecular flexibility index (Phi) is 0.829. The molecule has 0 aliphatic carbocycles. The van der Waals surface area contributed by atoms with Crippen molar-refractivity contribution in [3.05, 3.63) is 11.2 Å². The number of carbonyl (C=O) groups is 1. The van der Waals surface area contributed by atoms with E-state index >= 15 is 0 Å². The summed E-state index contributed by atoms with van der Waals surface area (Å²) in [4.78, 5) is 12.4. The second-order valence-corrected chi connectivity index (χ2v) is 3.36. The summed E-state index contributed by atoms with van der Waals surface area (Å²) in [6, 6.07) is 0. The zero-order valence-corrected chi connectivity index (χ0v) is 5.52. The Morgan fingerprint density at radius 3 is 3.11 bits per heavy atom. The quantitative estimate of drug-likeness (QED) is 0.486. The predicted molar refractivity (Wildman–Crippen MR) is 35.1 cm³/mol. The normalized spacial score (nSPS) is 31.6. The molecule has 0 aromatic heterocycles. The molecule has 0 saturated carbocycles. The first-order valence-electron chi connectivity index (χ1n) is 2.72. The van der Waals surface area contributed by atoms with Gasteiger partial charge in [0.2, 0.25) is 5.91 Å². The lowest BCUT2D eigenvalue weighted by atomic mass is 10.2. The number of β-lactam (4-membered cyclic amide) rings is 1. The smallest absolute Gasteiger partial charge is 0.230 e. The molecule has 48 valence electrons. The lowest BCUT2D eigenvalue weighted by Crippen LogP contribution is -2.44. The van der Waals surface area contributed by atoms with E-state index in [0.717, 1.165) is 5.03 Å². The lowest BCUT2D eigenvalue weighted by Gasteiger charge is -2.31. The number of amides is 1. The van der Waals surface area contributed by atoms with Gasteiger partial charge in [-0.15, -0.1) is 0 Å². The van der Waals surface area contributed by atoms with Gasteiger partial charge in [-0.05, 0) is 0 Å². The summed E-state index contributed by atoms with van der Waals surface area (Å²) in [6.45, 7) is 0. The summed E-state index contributed by atoms with van der Waals surface area (Å²) < 4.78 is 0. The summed E-state index contributed by atoms with van der Waals surface area (Å²) in [5.41, 5.74) is 5.45. The van der Waals surface area contributed by atoms with Gasteiger partial charge in [0.1, 0.15) is 0 Å². The largest absolute Gasteiger partial charge is 0.392 e. The third kappa shape index (κ3) is 0.564. The number of fused-ring (bicyclic) bond motifs is 1. The topological polar surface area (TPSA) is 46.3 Å². The Labute approximate surface area is 56.9 Å². The number of nitrogens with two attached hydrogens (primary N) is 1. The van der Waals surface area contributed by atoms with Gasteiger partial charge in [0.15, 0.2) is 0 Å². The van der Waals surface area contributed by atoms with Gasteiger partial charge in [0.05, 0.1) is 16.8 Å². The number of nitrogens with zero attached hydrogens (tertiary/aromatic N) is 1. The van der Waals surface area contributed by atoms with Crippen LogP contribution in [0.4, 0.5) is 0 Å². The Bertz CT molecular complexity index is 201. The van der Waals surface area contributed by atoms with Crippen LogP contribution in [0.1, 0.15) is 6.42 Å². The fourth-order valence-corrected chi connectivity index (χ4v) is 1.99. The molecule has 3 nitrogen and oxygen atoms in total. The highest BCUT2D eigenvalue weighted by molar-refractivity contribution is 8.03. The van der Waals surface area contributed by atoms with Gasteiger partial charge in [-0.25, -0.2) is 0 Å². The van der Waals surface area contributed by atoms with Crippen LogP contribution >= 0.6 is 11.8 Å². The molecule has 1 atom stereocenters. The van der Waals surface area contributed by atoms with E-state index in [1.165, 1.54) is 0 Å². The highest BCUT2D eigenvalue weighted by Gasteiger charge is 2.39. The van der Waals surface area contributed by atoms with Gasteiger partial charge in [-0.2, -0.15) is 0 Å². The average Bonchev–Trinajstić information content (AvgIpc) is 2.08. The average molecular weight is 142 g/mol. The van der Waals surface area contributed by atoms with E-state index in [4.69, 9.17) is 5.73 Å². The summed E-state index contributed by atoms with van der Waals surface area (Å²) >= 11 is 1.56. The molecule has 2 aliphatic rings. The zero-order chi connectivity index (χ0) is 6.43. The molecule has 1 saturated heterocycles. The molecule has 0 aromatic carbocycles. The molecular formula is C5H6N2OS. The van der Waals surface area contributed by atoms with Gasteiger partial charge in [0, 0.05) is 6.20 Å².